The first-order valence-corrected chi connectivity index (χ1v) is 4.77. The standard InChI is InChI=1S/C9H15NO/c11-7-4-10(5-7)9-2-1-6-3-8(6)9/h6-9,11H,1-5H2. The minimum Gasteiger partial charge on any atom is -0.390 e. The molecule has 11 heavy (non-hydrogen) atoms. The molecule has 0 aromatic rings. The highest BCUT2D eigenvalue weighted by Gasteiger charge is 2.51. The van der Waals surface area contributed by atoms with Crippen LogP contribution in [-0.4, -0.2) is 35.2 Å². The number of hydrogen-bond acceptors (Lipinski definition) is 2. The van der Waals surface area contributed by atoms with Gasteiger partial charge < -0.3 is 5.11 Å². The maximum Gasteiger partial charge on any atom is 0.0794 e. The molecule has 1 aliphatic heterocycles. The molecular formula is C9H15NO. The molecule has 0 aromatic heterocycles. The van der Waals surface area contributed by atoms with Crippen LogP contribution in [0.5, 0.6) is 0 Å². The maximum atomic E-state index is 9.14. The second kappa shape index (κ2) is 1.99. The van der Waals surface area contributed by atoms with Gasteiger partial charge in [-0.15, -0.1) is 0 Å². The van der Waals surface area contributed by atoms with E-state index in [1.54, 1.807) is 0 Å². The lowest BCUT2D eigenvalue weighted by Crippen LogP contribution is -2.55. The van der Waals surface area contributed by atoms with E-state index in [2.05, 4.69) is 4.90 Å². The highest BCUT2D eigenvalue weighted by Crippen LogP contribution is 2.54. The largest absolute Gasteiger partial charge is 0.390 e. The predicted octanol–water partition coefficient (Wildman–Crippen LogP) is 0.461. The summed E-state index contributed by atoms with van der Waals surface area (Å²) in [6.45, 7) is 1.90. The average molecular weight is 153 g/mol. The van der Waals surface area contributed by atoms with E-state index < -0.39 is 0 Å². The molecule has 1 saturated heterocycles. The number of nitrogens with zero attached hydrogens (tertiary/aromatic N) is 1. The summed E-state index contributed by atoms with van der Waals surface area (Å²) in [4.78, 5) is 2.47. The SMILES string of the molecule is OC1CN(C2CCC3CC32)C1. The molecule has 3 unspecified atom stereocenters. The van der Waals surface area contributed by atoms with Gasteiger partial charge in [-0.3, -0.25) is 4.90 Å². The zero-order valence-corrected chi connectivity index (χ0v) is 6.74. The first-order valence-electron chi connectivity index (χ1n) is 4.77. The number of hydrogen-bond donors (Lipinski definition) is 1. The van der Waals surface area contributed by atoms with Crippen molar-refractivity contribution < 1.29 is 5.11 Å². The normalized spacial score (nSPS) is 50.5. The van der Waals surface area contributed by atoms with Gasteiger partial charge in [0.25, 0.3) is 0 Å². The lowest BCUT2D eigenvalue weighted by molar-refractivity contribution is -0.0282. The Bertz CT molecular complexity index is 176. The van der Waals surface area contributed by atoms with Crippen molar-refractivity contribution in [1.29, 1.82) is 0 Å². The van der Waals surface area contributed by atoms with Gasteiger partial charge in [0.15, 0.2) is 0 Å². The van der Waals surface area contributed by atoms with Crippen LogP contribution in [0, 0.1) is 11.8 Å². The minimum absolute atomic E-state index is 0.00667. The Morgan fingerprint density at radius 3 is 2.45 bits per heavy atom. The molecule has 2 aliphatic carbocycles. The molecule has 0 bridgehead atoms. The highest BCUT2D eigenvalue weighted by atomic mass is 16.3. The fourth-order valence-corrected chi connectivity index (χ4v) is 2.89. The molecule has 2 nitrogen and oxygen atoms in total. The van der Waals surface area contributed by atoms with E-state index in [4.69, 9.17) is 5.11 Å². The van der Waals surface area contributed by atoms with Crippen LogP contribution in [0.15, 0.2) is 0 Å². The Hall–Kier alpha value is -0.0800. The lowest BCUT2D eigenvalue weighted by Gasteiger charge is -2.41. The second-order valence-corrected chi connectivity index (χ2v) is 4.41. The summed E-state index contributed by atoms with van der Waals surface area (Å²) in [6.07, 6.45) is 4.34. The van der Waals surface area contributed by atoms with Crippen LogP contribution in [0.1, 0.15) is 19.3 Å². The van der Waals surface area contributed by atoms with Gasteiger partial charge in [0.2, 0.25) is 0 Å². The summed E-state index contributed by atoms with van der Waals surface area (Å²) >= 11 is 0. The number of aliphatic hydroxyl groups is 1. The van der Waals surface area contributed by atoms with E-state index in [1.807, 2.05) is 0 Å². The Balaban J connectivity index is 1.63. The Labute approximate surface area is 67.2 Å². The second-order valence-electron chi connectivity index (χ2n) is 4.41. The highest BCUT2D eigenvalue weighted by molar-refractivity contribution is 5.04. The summed E-state index contributed by atoms with van der Waals surface area (Å²) in [6, 6.07) is 0.864. The van der Waals surface area contributed by atoms with Crippen molar-refractivity contribution >= 4 is 0 Å². The van der Waals surface area contributed by atoms with Gasteiger partial charge in [-0.25, -0.2) is 0 Å². The van der Waals surface area contributed by atoms with E-state index >= 15 is 0 Å². The van der Waals surface area contributed by atoms with Crippen molar-refractivity contribution in [3.8, 4) is 0 Å². The van der Waals surface area contributed by atoms with Gasteiger partial charge in [-0.2, -0.15) is 0 Å². The molecule has 2 heteroatoms. The van der Waals surface area contributed by atoms with Crippen LogP contribution in [0.3, 0.4) is 0 Å². The van der Waals surface area contributed by atoms with E-state index in [-0.39, 0.29) is 6.10 Å². The van der Waals surface area contributed by atoms with Crippen LogP contribution in [0.2, 0.25) is 0 Å². The van der Waals surface area contributed by atoms with Crippen LogP contribution in [0.4, 0.5) is 0 Å². The summed E-state index contributed by atoms with van der Waals surface area (Å²) in [5.41, 5.74) is 0. The fourth-order valence-electron chi connectivity index (χ4n) is 2.89. The molecule has 3 aliphatic rings. The van der Waals surface area contributed by atoms with Crippen molar-refractivity contribution in [2.75, 3.05) is 13.1 Å². The topological polar surface area (TPSA) is 23.5 Å². The molecule has 1 N–H and O–H groups in total. The molecule has 0 amide bonds. The molecule has 62 valence electrons. The maximum absolute atomic E-state index is 9.14. The lowest BCUT2D eigenvalue weighted by atomic mass is 10.0. The summed E-state index contributed by atoms with van der Waals surface area (Å²) in [7, 11) is 0. The zero-order valence-electron chi connectivity index (χ0n) is 6.74. The van der Waals surface area contributed by atoms with Crippen LogP contribution in [0.25, 0.3) is 0 Å². The first-order chi connectivity index (χ1) is 5.34. The molecular weight excluding hydrogens is 138 g/mol. The van der Waals surface area contributed by atoms with Crippen molar-refractivity contribution in [3.05, 3.63) is 0 Å². The van der Waals surface area contributed by atoms with Gasteiger partial charge in [-0.05, 0) is 31.1 Å². The van der Waals surface area contributed by atoms with Gasteiger partial charge >= 0.3 is 0 Å². The number of fused-ring (bicyclic) bond motifs is 1. The summed E-state index contributed by atoms with van der Waals surface area (Å²) in [5.74, 6) is 2.11. The van der Waals surface area contributed by atoms with E-state index in [9.17, 15) is 0 Å². The van der Waals surface area contributed by atoms with Crippen LogP contribution >= 0.6 is 0 Å². The third-order valence-corrected chi connectivity index (χ3v) is 3.66. The smallest absolute Gasteiger partial charge is 0.0794 e. The van der Waals surface area contributed by atoms with Crippen LogP contribution in [-0.2, 0) is 0 Å². The zero-order chi connectivity index (χ0) is 7.42. The van der Waals surface area contributed by atoms with Gasteiger partial charge in [0.1, 0.15) is 0 Å². The number of β-amino-alcohol motifs (C(OH)–C–C–N with tert-alkyl or cyclic N) is 1. The molecule has 0 aromatic carbocycles. The fraction of sp³-hybridized carbons (Fsp3) is 1.00. The van der Waals surface area contributed by atoms with Crippen molar-refractivity contribution in [1.82, 2.24) is 4.90 Å². The third-order valence-electron chi connectivity index (χ3n) is 3.66. The molecule has 0 spiro atoms. The Kier molecular flexibility index (Phi) is 1.16. The van der Waals surface area contributed by atoms with E-state index in [1.165, 1.54) is 19.3 Å². The Morgan fingerprint density at radius 2 is 2.00 bits per heavy atom. The third kappa shape index (κ3) is 0.859. The molecule has 3 rings (SSSR count). The van der Waals surface area contributed by atoms with Crippen molar-refractivity contribution in [3.63, 3.8) is 0 Å². The first kappa shape index (κ1) is 6.44. The van der Waals surface area contributed by atoms with Crippen LogP contribution < -0.4 is 0 Å². The van der Waals surface area contributed by atoms with Gasteiger partial charge in [-0.1, -0.05) is 0 Å². The number of aliphatic hydroxyl groups excluding tert-OH is 1. The van der Waals surface area contributed by atoms with Crippen molar-refractivity contribution in [2.45, 2.75) is 31.4 Å². The molecule has 3 fully saturated rings. The van der Waals surface area contributed by atoms with Crippen molar-refractivity contribution in [2.24, 2.45) is 11.8 Å². The molecule has 0 radical (unpaired) electrons. The average Bonchev–Trinajstić information content (AvgIpc) is 2.59. The van der Waals surface area contributed by atoms with Gasteiger partial charge in [0.05, 0.1) is 6.10 Å². The quantitative estimate of drug-likeness (QED) is 0.591. The van der Waals surface area contributed by atoms with E-state index in [0.717, 1.165) is 31.0 Å². The predicted molar refractivity (Wildman–Crippen MR) is 42.2 cm³/mol. The number of likely N-dealkylation sites (tertiary alicyclic amines) is 1. The molecule has 3 atom stereocenters. The van der Waals surface area contributed by atoms with E-state index in [0.29, 0.717) is 0 Å². The number of rotatable bonds is 1. The minimum atomic E-state index is -0.00667. The molecule has 2 saturated carbocycles. The molecule has 1 heterocycles. The Morgan fingerprint density at radius 1 is 1.18 bits per heavy atom. The monoisotopic (exact) mass is 153 g/mol. The summed E-state index contributed by atoms with van der Waals surface area (Å²) in [5, 5.41) is 9.14. The summed E-state index contributed by atoms with van der Waals surface area (Å²) < 4.78 is 0. The van der Waals surface area contributed by atoms with Gasteiger partial charge in [0, 0.05) is 19.1 Å².